The molecule has 1 N–H and O–H groups in total. The first-order chi connectivity index (χ1) is 8.89. The first-order valence-corrected chi connectivity index (χ1v) is 6.97. The number of carbonyl (C=O) groups excluding carboxylic acids is 1. The Hall–Kier alpha value is -0.840. The molecule has 1 aromatic heterocycles. The van der Waals surface area contributed by atoms with Gasteiger partial charge in [0, 0.05) is 19.3 Å². The number of aliphatic hydroxyl groups is 1. The molecule has 4 nitrogen and oxygen atoms in total. The summed E-state index contributed by atoms with van der Waals surface area (Å²) in [4.78, 5) is 17.9. The molecular formula is C13H16Cl2N2O2. The minimum atomic E-state index is -0.690. The first kappa shape index (κ1) is 14.6. The SMILES string of the molecule is CC1(O)CCCN(C(=O)c2cnc(Cl)c(Cl)c2)CC1. The number of hydrogen-bond acceptors (Lipinski definition) is 3. The fourth-order valence-electron chi connectivity index (χ4n) is 2.19. The number of carbonyl (C=O) groups is 1. The predicted octanol–water partition coefficient (Wildman–Crippen LogP) is 2.77. The summed E-state index contributed by atoms with van der Waals surface area (Å²) in [5, 5.41) is 10.5. The Morgan fingerprint density at radius 3 is 2.84 bits per heavy atom. The maximum Gasteiger partial charge on any atom is 0.255 e. The van der Waals surface area contributed by atoms with Crippen molar-refractivity contribution in [3.63, 3.8) is 0 Å². The Morgan fingerprint density at radius 1 is 1.42 bits per heavy atom. The second-order valence-corrected chi connectivity index (χ2v) is 5.90. The standard InChI is InChI=1S/C13H16Cl2N2O2/c1-13(19)3-2-5-17(6-4-13)12(18)9-7-10(14)11(15)16-8-9/h7-8,19H,2-6H2,1H3. The summed E-state index contributed by atoms with van der Waals surface area (Å²) >= 11 is 11.6. The highest BCUT2D eigenvalue weighted by Gasteiger charge is 2.27. The van der Waals surface area contributed by atoms with Crippen molar-refractivity contribution in [3.05, 3.63) is 28.0 Å². The second-order valence-electron chi connectivity index (χ2n) is 5.14. The topological polar surface area (TPSA) is 53.4 Å². The summed E-state index contributed by atoms with van der Waals surface area (Å²) in [7, 11) is 0. The van der Waals surface area contributed by atoms with E-state index in [0.717, 1.165) is 6.42 Å². The summed E-state index contributed by atoms with van der Waals surface area (Å²) in [5.74, 6) is -0.122. The van der Waals surface area contributed by atoms with Gasteiger partial charge >= 0.3 is 0 Å². The minimum Gasteiger partial charge on any atom is -0.390 e. The van der Waals surface area contributed by atoms with Crippen LogP contribution < -0.4 is 0 Å². The predicted molar refractivity (Wildman–Crippen MR) is 74.6 cm³/mol. The molecule has 1 aliphatic heterocycles. The number of nitrogens with zero attached hydrogens (tertiary/aromatic N) is 2. The van der Waals surface area contributed by atoms with Crippen LogP contribution in [0.3, 0.4) is 0 Å². The monoisotopic (exact) mass is 302 g/mol. The van der Waals surface area contributed by atoms with Crippen LogP contribution in [0.5, 0.6) is 0 Å². The zero-order chi connectivity index (χ0) is 14.0. The third-order valence-electron chi connectivity index (χ3n) is 3.39. The number of likely N-dealkylation sites (tertiary alicyclic amines) is 1. The number of pyridine rings is 1. The lowest BCUT2D eigenvalue weighted by atomic mass is 9.98. The second kappa shape index (κ2) is 5.65. The Balaban J connectivity index is 2.13. The first-order valence-electron chi connectivity index (χ1n) is 6.22. The summed E-state index contributed by atoms with van der Waals surface area (Å²) in [5.41, 5.74) is -0.263. The molecule has 0 aromatic carbocycles. The maximum atomic E-state index is 12.3. The van der Waals surface area contributed by atoms with Gasteiger partial charge in [-0.25, -0.2) is 4.98 Å². The molecule has 2 heterocycles. The van der Waals surface area contributed by atoms with Gasteiger partial charge in [-0.3, -0.25) is 4.79 Å². The molecule has 0 aliphatic carbocycles. The Kier molecular flexibility index (Phi) is 4.33. The Labute approximate surface area is 122 Å². The fraction of sp³-hybridized carbons (Fsp3) is 0.538. The Bertz CT molecular complexity index is 492. The third-order valence-corrected chi connectivity index (χ3v) is 4.08. The van der Waals surface area contributed by atoms with E-state index in [1.54, 1.807) is 4.90 Å². The van der Waals surface area contributed by atoms with Crippen LogP contribution in [0.4, 0.5) is 0 Å². The van der Waals surface area contributed by atoms with Crippen LogP contribution in [0.25, 0.3) is 0 Å². The van der Waals surface area contributed by atoms with Crippen molar-refractivity contribution in [2.24, 2.45) is 0 Å². The summed E-state index contributed by atoms with van der Waals surface area (Å²) < 4.78 is 0. The molecule has 1 fully saturated rings. The van der Waals surface area contributed by atoms with Gasteiger partial charge in [0.2, 0.25) is 0 Å². The fourth-order valence-corrected chi connectivity index (χ4v) is 2.46. The van der Waals surface area contributed by atoms with E-state index in [9.17, 15) is 9.90 Å². The molecule has 1 aromatic rings. The normalized spacial score (nSPS) is 24.1. The quantitative estimate of drug-likeness (QED) is 0.812. The maximum absolute atomic E-state index is 12.3. The van der Waals surface area contributed by atoms with Gasteiger partial charge < -0.3 is 10.0 Å². The van der Waals surface area contributed by atoms with Crippen molar-refractivity contribution < 1.29 is 9.90 Å². The number of aromatic nitrogens is 1. The van der Waals surface area contributed by atoms with Crippen molar-refractivity contribution >= 4 is 29.1 Å². The lowest BCUT2D eigenvalue weighted by molar-refractivity contribution is 0.0438. The van der Waals surface area contributed by atoms with E-state index >= 15 is 0 Å². The molecule has 2 rings (SSSR count). The third kappa shape index (κ3) is 3.59. The van der Waals surface area contributed by atoms with E-state index in [-0.39, 0.29) is 16.1 Å². The molecule has 0 saturated carbocycles. The van der Waals surface area contributed by atoms with Crippen LogP contribution in [-0.2, 0) is 0 Å². The summed E-state index contributed by atoms with van der Waals surface area (Å²) in [6, 6.07) is 1.53. The van der Waals surface area contributed by atoms with Crippen LogP contribution in [0.15, 0.2) is 12.3 Å². The van der Waals surface area contributed by atoms with Crippen molar-refractivity contribution in [1.82, 2.24) is 9.88 Å². The van der Waals surface area contributed by atoms with Crippen LogP contribution in [0.1, 0.15) is 36.5 Å². The molecule has 104 valence electrons. The van der Waals surface area contributed by atoms with Crippen molar-refractivity contribution in [2.45, 2.75) is 31.8 Å². The largest absolute Gasteiger partial charge is 0.390 e. The highest BCUT2D eigenvalue weighted by atomic mass is 35.5. The number of halogens is 2. The van der Waals surface area contributed by atoms with Gasteiger partial charge in [-0.05, 0) is 32.3 Å². The van der Waals surface area contributed by atoms with Gasteiger partial charge in [0.25, 0.3) is 5.91 Å². The molecule has 19 heavy (non-hydrogen) atoms. The lowest BCUT2D eigenvalue weighted by Crippen LogP contribution is -2.33. The van der Waals surface area contributed by atoms with Crippen molar-refractivity contribution in [1.29, 1.82) is 0 Å². The molecule has 0 spiro atoms. The van der Waals surface area contributed by atoms with Crippen LogP contribution in [0.2, 0.25) is 10.2 Å². The van der Waals surface area contributed by atoms with E-state index < -0.39 is 5.60 Å². The van der Waals surface area contributed by atoms with Crippen LogP contribution in [-0.4, -0.2) is 39.6 Å². The van der Waals surface area contributed by atoms with Gasteiger partial charge in [0.1, 0.15) is 5.15 Å². The molecule has 1 unspecified atom stereocenters. The molecule has 1 amide bonds. The molecule has 1 saturated heterocycles. The average Bonchev–Trinajstić information content (AvgIpc) is 2.53. The van der Waals surface area contributed by atoms with Gasteiger partial charge in [-0.15, -0.1) is 0 Å². The molecule has 0 radical (unpaired) electrons. The number of rotatable bonds is 1. The van der Waals surface area contributed by atoms with Gasteiger partial charge in [0.05, 0.1) is 16.2 Å². The van der Waals surface area contributed by atoms with E-state index in [0.29, 0.717) is 31.5 Å². The van der Waals surface area contributed by atoms with Crippen LogP contribution in [0, 0.1) is 0 Å². The number of hydrogen-bond donors (Lipinski definition) is 1. The van der Waals surface area contributed by atoms with E-state index in [2.05, 4.69) is 4.98 Å². The summed E-state index contributed by atoms with van der Waals surface area (Å²) in [6.45, 7) is 2.98. The average molecular weight is 303 g/mol. The minimum absolute atomic E-state index is 0.122. The molecule has 0 bridgehead atoms. The molecule has 1 aliphatic rings. The number of amides is 1. The zero-order valence-electron chi connectivity index (χ0n) is 10.7. The molecular weight excluding hydrogens is 287 g/mol. The van der Waals surface area contributed by atoms with Crippen LogP contribution >= 0.6 is 23.2 Å². The highest BCUT2D eigenvalue weighted by molar-refractivity contribution is 6.41. The Morgan fingerprint density at radius 2 is 2.16 bits per heavy atom. The van der Waals surface area contributed by atoms with Crippen molar-refractivity contribution in [2.75, 3.05) is 13.1 Å². The van der Waals surface area contributed by atoms with Gasteiger partial charge in [-0.2, -0.15) is 0 Å². The van der Waals surface area contributed by atoms with E-state index in [1.807, 2.05) is 6.92 Å². The van der Waals surface area contributed by atoms with Gasteiger partial charge in [-0.1, -0.05) is 23.2 Å². The van der Waals surface area contributed by atoms with Gasteiger partial charge in [0.15, 0.2) is 0 Å². The molecule has 6 heteroatoms. The van der Waals surface area contributed by atoms with E-state index in [4.69, 9.17) is 23.2 Å². The smallest absolute Gasteiger partial charge is 0.255 e. The highest BCUT2D eigenvalue weighted by Crippen LogP contribution is 2.24. The van der Waals surface area contributed by atoms with Crippen molar-refractivity contribution in [3.8, 4) is 0 Å². The zero-order valence-corrected chi connectivity index (χ0v) is 12.2. The summed E-state index contributed by atoms with van der Waals surface area (Å²) in [6.07, 6.45) is 3.50. The van der Waals surface area contributed by atoms with E-state index in [1.165, 1.54) is 12.3 Å². The molecule has 1 atom stereocenters. The lowest BCUT2D eigenvalue weighted by Gasteiger charge is -2.22.